The second kappa shape index (κ2) is 8.22. The van der Waals surface area contributed by atoms with E-state index in [-0.39, 0.29) is 12.1 Å². The lowest BCUT2D eigenvalue weighted by atomic mass is 9.98. The summed E-state index contributed by atoms with van der Waals surface area (Å²) in [5.74, 6) is 2.93. The SMILES string of the molecule is CCC1C=CN(c2ncc3c(n2)N(C(C)C)C(CC)c2nncn2-3)C(c2ccccc2)=C1. The highest BCUT2D eigenvalue weighted by Gasteiger charge is 2.35. The Bertz CT molecular complexity index is 1160. The number of fused-ring (bicyclic) bond motifs is 3. The van der Waals surface area contributed by atoms with E-state index in [0.717, 1.165) is 41.4 Å². The maximum absolute atomic E-state index is 5.12. The first-order valence-electron chi connectivity index (χ1n) is 11.4. The van der Waals surface area contributed by atoms with Gasteiger partial charge < -0.3 is 4.90 Å². The van der Waals surface area contributed by atoms with Crippen molar-refractivity contribution in [2.24, 2.45) is 5.92 Å². The highest BCUT2D eigenvalue weighted by molar-refractivity contribution is 5.81. The second-order valence-electron chi connectivity index (χ2n) is 8.56. The van der Waals surface area contributed by atoms with Gasteiger partial charge in [0.15, 0.2) is 11.6 Å². The Morgan fingerprint density at radius 2 is 1.88 bits per heavy atom. The van der Waals surface area contributed by atoms with Crippen LogP contribution in [0.3, 0.4) is 0 Å². The van der Waals surface area contributed by atoms with E-state index in [0.29, 0.717) is 11.9 Å². The van der Waals surface area contributed by atoms with E-state index in [1.807, 2.05) is 16.8 Å². The molecule has 0 saturated carbocycles. The molecule has 2 unspecified atom stereocenters. The Morgan fingerprint density at radius 1 is 1.06 bits per heavy atom. The Hall–Kier alpha value is -3.48. The van der Waals surface area contributed by atoms with E-state index in [1.54, 1.807) is 6.33 Å². The molecule has 2 aromatic heterocycles. The van der Waals surface area contributed by atoms with Crippen LogP contribution in [0.4, 0.5) is 11.8 Å². The molecule has 1 aromatic carbocycles. The predicted octanol–water partition coefficient (Wildman–Crippen LogP) is 5.14. The Labute approximate surface area is 189 Å². The monoisotopic (exact) mass is 427 g/mol. The molecular formula is C25H29N7. The van der Waals surface area contributed by atoms with Crippen molar-refractivity contribution in [3.05, 3.63) is 72.6 Å². The standard InChI is InChI=1S/C25H29N7/c1-5-18-12-13-30(21(14-18)19-10-8-7-9-11-19)25-26-15-22-23(28-25)32(17(3)4)20(6-2)24-29-27-16-31(22)24/h7-18,20H,5-6H2,1-4H3. The molecule has 7 heteroatoms. The van der Waals surface area contributed by atoms with Gasteiger partial charge in [-0.1, -0.05) is 56.3 Å². The Morgan fingerprint density at radius 3 is 2.59 bits per heavy atom. The summed E-state index contributed by atoms with van der Waals surface area (Å²) >= 11 is 0. The third kappa shape index (κ3) is 3.28. The lowest BCUT2D eigenvalue weighted by molar-refractivity contribution is 0.497. The maximum Gasteiger partial charge on any atom is 0.236 e. The summed E-state index contributed by atoms with van der Waals surface area (Å²) in [5.41, 5.74) is 3.19. The minimum Gasteiger partial charge on any atom is -0.342 e. The molecule has 0 bridgehead atoms. The average Bonchev–Trinajstić information content (AvgIpc) is 3.32. The zero-order chi connectivity index (χ0) is 22.2. The topological polar surface area (TPSA) is 63.0 Å². The molecule has 32 heavy (non-hydrogen) atoms. The van der Waals surface area contributed by atoms with Crippen LogP contribution in [0.2, 0.25) is 0 Å². The minimum absolute atomic E-state index is 0.123. The van der Waals surface area contributed by atoms with Gasteiger partial charge in [-0.25, -0.2) is 4.98 Å². The fourth-order valence-electron chi connectivity index (χ4n) is 4.63. The van der Waals surface area contributed by atoms with Crippen LogP contribution >= 0.6 is 0 Å². The highest BCUT2D eigenvalue weighted by atomic mass is 15.4. The fourth-order valence-corrected chi connectivity index (χ4v) is 4.63. The van der Waals surface area contributed by atoms with Crippen molar-refractivity contribution in [1.82, 2.24) is 24.7 Å². The number of hydrogen-bond donors (Lipinski definition) is 0. The number of allylic oxidation sites excluding steroid dienone is 2. The Kier molecular flexibility index (Phi) is 5.25. The van der Waals surface area contributed by atoms with Gasteiger partial charge in [0.05, 0.1) is 17.9 Å². The summed E-state index contributed by atoms with van der Waals surface area (Å²) in [6.07, 6.45) is 12.3. The first-order chi connectivity index (χ1) is 15.6. The molecule has 0 amide bonds. The lowest BCUT2D eigenvalue weighted by Crippen LogP contribution is -2.40. The van der Waals surface area contributed by atoms with E-state index < -0.39 is 0 Å². The van der Waals surface area contributed by atoms with Gasteiger partial charge in [0, 0.05) is 12.2 Å². The molecule has 3 aromatic rings. The number of rotatable bonds is 5. The third-order valence-electron chi connectivity index (χ3n) is 6.26. The van der Waals surface area contributed by atoms with Crippen LogP contribution in [-0.2, 0) is 0 Å². The van der Waals surface area contributed by atoms with Gasteiger partial charge in [0.2, 0.25) is 5.95 Å². The van der Waals surface area contributed by atoms with Crippen LogP contribution in [0.15, 0.2) is 61.2 Å². The van der Waals surface area contributed by atoms with Crippen molar-refractivity contribution in [3.8, 4) is 5.69 Å². The molecule has 0 fully saturated rings. The van der Waals surface area contributed by atoms with Crippen LogP contribution in [0, 0.1) is 5.92 Å². The minimum atomic E-state index is 0.123. The summed E-state index contributed by atoms with van der Waals surface area (Å²) in [5, 5.41) is 8.58. The molecular weight excluding hydrogens is 398 g/mol. The molecule has 2 atom stereocenters. The summed E-state index contributed by atoms with van der Waals surface area (Å²) in [7, 11) is 0. The molecule has 0 spiro atoms. The average molecular weight is 428 g/mol. The van der Waals surface area contributed by atoms with E-state index in [1.165, 1.54) is 0 Å². The van der Waals surface area contributed by atoms with Gasteiger partial charge in [-0.3, -0.25) is 9.47 Å². The van der Waals surface area contributed by atoms with Crippen LogP contribution < -0.4 is 9.80 Å². The molecule has 0 aliphatic carbocycles. The van der Waals surface area contributed by atoms with Crippen molar-refractivity contribution in [2.45, 2.75) is 52.6 Å². The largest absolute Gasteiger partial charge is 0.342 e. The molecule has 5 rings (SSSR count). The number of nitrogens with zero attached hydrogens (tertiary/aromatic N) is 7. The molecule has 164 valence electrons. The molecule has 4 heterocycles. The maximum atomic E-state index is 5.12. The fraction of sp³-hybridized carbons (Fsp3) is 0.360. The van der Waals surface area contributed by atoms with Crippen LogP contribution in [0.25, 0.3) is 11.4 Å². The highest BCUT2D eigenvalue weighted by Crippen LogP contribution is 2.40. The molecule has 0 N–H and O–H groups in total. The van der Waals surface area contributed by atoms with Gasteiger partial charge in [0.1, 0.15) is 12.0 Å². The number of anilines is 2. The van der Waals surface area contributed by atoms with Crippen LogP contribution in [-0.4, -0.2) is 30.8 Å². The van der Waals surface area contributed by atoms with E-state index >= 15 is 0 Å². The second-order valence-corrected chi connectivity index (χ2v) is 8.56. The van der Waals surface area contributed by atoms with E-state index in [4.69, 9.17) is 9.97 Å². The van der Waals surface area contributed by atoms with Crippen molar-refractivity contribution in [1.29, 1.82) is 0 Å². The zero-order valence-electron chi connectivity index (χ0n) is 19.1. The van der Waals surface area contributed by atoms with Gasteiger partial charge in [-0.15, -0.1) is 10.2 Å². The zero-order valence-corrected chi connectivity index (χ0v) is 19.1. The normalized spacial score (nSPS) is 19.7. The lowest BCUT2D eigenvalue weighted by Gasteiger charge is -2.40. The summed E-state index contributed by atoms with van der Waals surface area (Å²) in [6.45, 7) is 8.78. The molecule has 7 nitrogen and oxygen atoms in total. The van der Waals surface area contributed by atoms with Crippen molar-refractivity contribution in [2.75, 3.05) is 9.80 Å². The van der Waals surface area contributed by atoms with Crippen LogP contribution in [0.1, 0.15) is 58.0 Å². The smallest absolute Gasteiger partial charge is 0.236 e. The van der Waals surface area contributed by atoms with Gasteiger partial charge in [-0.05, 0) is 38.2 Å². The van der Waals surface area contributed by atoms with E-state index in [9.17, 15) is 0 Å². The number of benzene rings is 1. The van der Waals surface area contributed by atoms with Crippen molar-refractivity contribution in [3.63, 3.8) is 0 Å². The summed E-state index contributed by atoms with van der Waals surface area (Å²) in [6, 6.07) is 10.8. The third-order valence-corrected chi connectivity index (χ3v) is 6.26. The van der Waals surface area contributed by atoms with E-state index in [2.05, 4.69) is 90.3 Å². The summed E-state index contributed by atoms with van der Waals surface area (Å²) < 4.78 is 2.03. The first-order valence-corrected chi connectivity index (χ1v) is 11.4. The summed E-state index contributed by atoms with van der Waals surface area (Å²) in [4.78, 5) is 14.3. The van der Waals surface area contributed by atoms with Crippen molar-refractivity contribution < 1.29 is 0 Å². The van der Waals surface area contributed by atoms with Crippen molar-refractivity contribution >= 4 is 17.5 Å². The van der Waals surface area contributed by atoms with Crippen LogP contribution in [0.5, 0.6) is 0 Å². The molecule has 0 radical (unpaired) electrons. The van der Waals surface area contributed by atoms with Gasteiger partial charge in [-0.2, -0.15) is 4.98 Å². The molecule has 2 aliphatic rings. The first kappa shape index (κ1) is 20.4. The number of aromatic nitrogens is 5. The molecule has 2 aliphatic heterocycles. The quantitative estimate of drug-likeness (QED) is 0.562. The molecule has 0 saturated heterocycles. The van der Waals surface area contributed by atoms with Gasteiger partial charge >= 0.3 is 0 Å². The Balaban J connectivity index is 1.63. The van der Waals surface area contributed by atoms with Gasteiger partial charge in [0.25, 0.3) is 0 Å². The number of hydrogen-bond acceptors (Lipinski definition) is 6. The predicted molar refractivity (Wildman–Crippen MR) is 127 cm³/mol.